The van der Waals surface area contributed by atoms with Gasteiger partial charge in [-0.05, 0) is 54.4 Å². The first-order chi connectivity index (χ1) is 17.9. The Morgan fingerprint density at radius 3 is 2.05 bits per heavy atom. The molecule has 11 nitrogen and oxygen atoms in total. The Balaban J connectivity index is 1.67. The van der Waals surface area contributed by atoms with Gasteiger partial charge in [0.05, 0.1) is 10.6 Å². The number of amides is 3. The maximum absolute atomic E-state index is 12.9. The number of halogens is 1. The highest BCUT2D eigenvalue weighted by Gasteiger charge is 2.25. The number of carboxylic acids is 1. The van der Waals surface area contributed by atoms with Crippen molar-refractivity contribution in [3.63, 3.8) is 0 Å². The van der Waals surface area contributed by atoms with Crippen molar-refractivity contribution in [2.24, 2.45) is 0 Å². The molecule has 3 amide bonds. The number of phenols is 3. The molecule has 0 aliphatic rings. The number of aryl methyl sites for hydroxylation is 1. The van der Waals surface area contributed by atoms with Gasteiger partial charge in [0.25, 0.3) is 17.7 Å². The van der Waals surface area contributed by atoms with Crippen LogP contribution in [-0.4, -0.2) is 56.7 Å². The van der Waals surface area contributed by atoms with Crippen LogP contribution in [0.5, 0.6) is 17.2 Å². The van der Waals surface area contributed by atoms with Gasteiger partial charge in [-0.1, -0.05) is 23.7 Å². The van der Waals surface area contributed by atoms with Crippen molar-refractivity contribution in [1.29, 1.82) is 0 Å². The fourth-order valence-corrected chi connectivity index (χ4v) is 3.92. The Labute approximate surface area is 221 Å². The SMILES string of the molecule is Cc1cc(C(=O)NCc2cccc(O)c2)cc(Cl)c1C(=O)N[C@@H](CNC(=O)c1cc(O)cc(O)c1)C(=O)O. The summed E-state index contributed by atoms with van der Waals surface area (Å²) in [5.41, 5.74) is 0.979. The summed E-state index contributed by atoms with van der Waals surface area (Å²) >= 11 is 6.27. The van der Waals surface area contributed by atoms with Crippen molar-refractivity contribution >= 4 is 35.3 Å². The molecule has 3 aromatic rings. The first kappa shape index (κ1) is 27.8. The van der Waals surface area contributed by atoms with Crippen molar-refractivity contribution in [1.82, 2.24) is 16.0 Å². The van der Waals surface area contributed by atoms with E-state index in [2.05, 4.69) is 16.0 Å². The molecular formula is C26H24ClN3O8. The molecule has 198 valence electrons. The number of hydrogen-bond acceptors (Lipinski definition) is 7. The number of nitrogens with one attached hydrogen (secondary N) is 3. The summed E-state index contributed by atoms with van der Waals surface area (Å²) in [7, 11) is 0. The van der Waals surface area contributed by atoms with E-state index >= 15 is 0 Å². The third-order valence-electron chi connectivity index (χ3n) is 5.38. The fourth-order valence-electron chi connectivity index (χ4n) is 3.57. The number of carbonyl (C=O) groups excluding carboxylic acids is 3. The van der Waals surface area contributed by atoms with Crippen LogP contribution in [0.15, 0.2) is 54.6 Å². The van der Waals surface area contributed by atoms with Crippen LogP contribution in [0.2, 0.25) is 5.02 Å². The lowest BCUT2D eigenvalue weighted by molar-refractivity contribution is -0.139. The van der Waals surface area contributed by atoms with Crippen LogP contribution in [0, 0.1) is 6.92 Å². The number of carbonyl (C=O) groups is 4. The van der Waals surface area contributed by atoms with Crippen LogP contribution in [-0.2, 0) is 11.3 Å². The van der Waals surface area contributed by atoms with Crippen molar-refractivity contribution in [2.75, 3.05) is 6.54 Å². The average molecular weight is 542 g/mol. The third-order valence-corrected chi connectivity index (χ3v) is 5.67. The van der Waals surface area contributed by atoms with Crippen molar-refractivity contribution in [2.45, 2.75) is 19.5 Å². The molecular weight excluding hydrogens is 518 g/mol. The summed E-state index contributed by atoms with van der Waals surface area (Å²) < 4.78 is 0. The van der Waals surface area contributed by atoms with Crippen molar-refractivity contribution < 1.29 is 39.6 Å². The van der Waals surface area contributed by atoms with Crippen LogP contribution < -0.4 is 16.0 Å². The summed E-state index contributed by atoms with van der Waals surface area (Å²) in [5, 5.41) is 45.3. The van der Waals surface area contributed by atoms with Gasteiger partial charge in [0.15, 0.2) is 0 Å². The van der Waals surface area contributed by atoms with E-state index in [1.807, 2.05) is 0 Å². The monoisotopic (exact) mass is 541 g/mol. The second kappa shape index (κ2) is 12.0. The van der Waals surface area contributed by atoms with Crippen LogP contribution in [0.4, 0.5) is 0 Å². The normalized spacial score (nSPS) is 11.3. The number of aliphatic carboxylic acids is 1. The summed E-state index contributed by atoms with van der Waals surface area (Å²) in [4.78, 5) is 49.4. The van der Waals surface area contributed by atoms with Gasteiger partial charge in [0.2, 0.25) is 0 Å². The van der Waals surface area contributed by atoms with Gasteiger partial charge in [-0.25, -0.2) is 4.79 Å². The topological polar surface area (TPSA) is 185 Å². The highest BCUT2D eigenvalue weighted by atomic mass is 35.5. The number of aromatic hydroxyl groups is 3. The molecule has 0 aliphatic heterocycles. The predicted molar refractivity (Wildman–Crippen MR) is 136 cm³/mol. The molecule has 0 aromatic heterocycles. The first-order valence-electron chi connectivity index (χ1n) is 11.2. The van der Waals surface area contributed by atoms with E-state index in [4.69, 9.17) is 11.6 Å². The Hall–Kier alpha value is -4.77. The second-order valence-corrected chi connectivity index (χ2v) is 8.72. The van der Waals surface area contributed by atoms with Gasteiger partial charge in [-0.15, -0.1) is 0 Å². The number of benzene rings is 3. The number of hydrogen-bond donors (Lipinski definition) is 7. The predicted octanol–water partition coefficient (Wildman–Crippen LogP) is 2.31. The summed E-state index contributed by atoms with van der Waals surface area (Å²) in [6.45, 7) is 1.15. The Kier molecular flexibility index (Phi) is 8.77. The average Bonchev–Trinajstić information content (AvgIpc) is 2.83. The minimum atomic E-state index is -1.54. The largest absolute Gasteiger partial charge is 0.508 e. The van der Waals surface area contributed by atoms with Crippen molar-refractivity contribution in [3.8, 4) is 17.2 Å². The summed E-state index contributed by atoms with van der Waals surface area (Å²) in [5.74, 6) is -4.20. The molecule has 0 bridgehead atoms. The molecule has 0 fully saturated rings. The molecule has 0 spiro atoms. The Morgan fingerprint density at radius 2 is 1.45 bits per heavy atom. The third kappa shape index (κ3) is 7.14. The number of phenolic OH excluding ortho intramolecular Hbond substituents is 3. The highest BCUT2D eigenvalue weighted by molar-refractivity contribution is 6.34. The zero-order valence-electron chi connectivity index (χ0n) is 20.0. The number of rotatable bonds is 9. The van der Waals surface area contributed by atoms with Crippen LogP contribution in [0.3, 0.4) is 0 Å². The maximum atomic E-state index is 12.9. The zero-order chi connectivity index (χ0) is 28.0. The number of carboxylic acid groups (broad SMARTS) is 1. The smallest absolute Gasteiger partial charge is 0.328 e. The van der Waals surface area contributed by atoms with Crippen LogP contribution in [0.25, 0.3) is 0 Å². The quantitative estimate of drug-likeness (QED) is 0.215. The molecule has 3 rings (SSSR count). The highest BCUT2D eigenvalue weighted by Crippen LogP contribution is 2.23. The summed E-state index contributed by atoms with van der Waals surface area (Å²) in [6.07, 6.45) is 0. The molecule has 38 heavy (non-hydrogen) atoms. The Morgan fingerprint density at radius 1 is 0.816 bits per heavy atom. The van der Waals surface area contributed by atoms with Gasteiger partial charge in [-0.2, -0.15) is 0 Å². The molecule has 0 radical (unpaired) electrons. The molecule has 1 atom stereocenters. The summed E-state index contributed by atoms with van der Waals surface area (Å²) in [6, 6.07) is 10.7. The molecule has 0 heterocycles. The van der Waals surface area contributed by atoms with E-state index in [1.165, 1.54) is 31.2 Å². The van der Waals surface area contributed by atoms with E-state index in [0.29, 0.717) is 11.1 Å². The first-order valence-corrected chi connectivity index (χ1v) is 11.5. The van der Waals surface area contributed by atoms with Gasteiger partial charge >= 0.3 is 5.97 Å². The second-order valence-electron chi connectivity index (χ2n) is 8.31. The van der Waals surface area contributed by atoms with Gasteiger partial charge in [0.1, 0.15) is 23.3 Å². The van der Waals surface area contributed by atoms with E-state index in [0.717, 1.165) is 18.2 Å². The van der Waals surface area contributed by atoms with E-state index in [9.17, 15) is 39.6 Å². The minimum absolute atomic E-state index is 0.0494. The van der Waals surface area contributed by atoms with Crippen LogP contribution >= 0.6 is 11.6 Å². The minimum Gasteiger partial charge on any atom is -0.508 e. The lowest BCUT2D eigenvalue weighted by atomic mass is 10.0. The van der Waals surface area contributed by atoms with Gasteiger partial charge in [0, 0.05) is 30.3 Å². The lowest BCUT2D eigenvalue weighted by Gasteiger charge is -2.17. The molecule has 0 saturated carbocycles. The Bertz CT molecular complexity index is 1370. The standard InChI is InChI=1S/C26H24ClN3O8/c1-13-5-15(23(34)28-11-14-3-2-4-17(31)6-14)9-20(27)22(13)25(36)30-21(26(37)38)12-29-24(35)16-7-18(32)10-19(33)8-16/h2-10,21,31-33H,11-12H2,1H3,(H,28,34)(H,29,35)(H,30,36)(H,37,38)/t21-/m0/s1. The maximum Gasteiger partial charge on any atom is 0.328 e. The molecule has 12 heteroatoms. The van der Waals surface area contributed by atoms with E-state index in [1.54, 1.807) is 12.1 Å². The van der Waals surface area contributed by atoms with Gasteiger partial charge in [-0.3, -0.25) is 14.4 Å². The van der Waals surface area contributed by atoms with E-state index < -0.39 is 36.3 Å². The lowest BCUT2D eigenvalue weighted by Crippen LogP contribution is -2.48. The van der Waals surface area contributed by atoms with Gasteiger partial charge < -0.3 is 36.4 Å². The van der Waals surface area contributed by atoms with Crippen molar-refractivity contribution in [3.05, 3.63) is 87.4 Å². The van der Waals surface area contributed by atoms with E-state index in [-0.39, 0.29) is 45.5 Å². The fraction of sp³-hybridized carbons (Fsp3) is 0.154. The molecule has 7 N–H and O–H groups in total. The molecule has 0 unspecified atom stereocenters. The molecule has 0 aliphatic carbocycles. The molecule has 0 saturated heterocycles. The molecule has 3 aromatic carbocycles. The zero-order valence-corrected chi connectivity index (χ0v) is 20.7. The van der Waals surface area contributed by atoms with Crippen LogP contribution in [0.1, 0.15) is 42.2 Å².